The highest BCUT2D eigenvalue weighted by Gasteiger charge is 1.98. The first-order chi connectivity index (χ1) is 9.67. The Balaban J connectivity index is 0.00000220. The Morgan fingerprint density at radius 3 is 2.86 bits per heavy atom. The minimum absolute atomic E-state index is 0. The first-order valence-corrected chi connectivity index (χ1v) is 6.36. The van der Waals surface area contributed by atoms with Crippen molar-refractivity contribution in [2.45, 2.75) is 6.54 Å². The fraction of sp³-hybridized carbons (Fsp3) is 0.143. The molecule has 0 fully saturated rings. The van der Waals surface area contributed by atoms with Crippen LogP contribution in [0.15, 0.2) is 47.6 Å². The molecule has 0 radical (unpaired) electrons. The fourth-order valence-corrected chi connectivity index (χ4v) is 1.67. The van der Waals surface area contributed by atoms with E-state index in [-0.39, 0.29) is 24.0 Å². The van der Waals surface area contributed by atoms with E-state index in [1.807, 2.05) is 30.3 Å². The number of hydrogen-bond donors (Lipinski definition) is 2. The van der Waals surface area contributed by atoms with Crippen LogP contribution < -0.4 is 15.8 Å². The van der Waals surface area contributed by atoms with Crippen LogP contribution in [0.5, 0.6) is 5.75 Å². The van der Waals surface area contributed by atoms with Crippen LogP contribution in [0.2, 0.25) is 5.02 Å². The van der Waals surface area contributed by atoms with Gasteiger partial charge in [0.25, 0.3) is 0 Å². The second-order valence-corrected chi connectivity index (χ2v) is 4.46. The molecule has 2 rings (SSSR count). The number of nitrogens with one attached hydrogen (secondary N) is 1. The van der Waals surface area contributed by atoms with Gasteiger partial charge >= 0.3 is 0 Å². The molecule has 2 aromatic rings. The molecule has 112 valence electrons. The molecular formula is C14H16ClIN4O. The lowest BCUT2D eigenvalue weighted by molar-refractivity contribution is 0.415. The zero-order valence-electron chi connectivity index (χ0n) is 11.4. The smallest absolute Gasteiger partial charge is 0.193 e. The molecule has 0 aliphatic rings. The largest absolute Gasteiger partial charge is 0.497 e. The summed E-state index contributed by atoms with van der Waals surface area (Å²) in [4.78, 5) is 8.35. The number of benzene rings is 1. The summed E-state index contributed by atoms with van der Waals surface area (Å²) in [6.45, 7) is 0.389. The van der Waals surface area contributed by atoms with Crippen molar-refractivity contribution < 1.29 is 4.74 Å². The van der Waals surface area contributed by atoms with Crippen LogP contribution in [0.1, 0.15) is 5.69 Å². The number of pyridine rings is 1. The Morgan fingerprint density at radius 1 is 1.38 bits per heavy atom. The lowest BCUT2D eigenvalue weighted by Crippen LogP contribution is -2.22. The highest BCUT2D eigenvalue weighted by atomic mass is 127. The molecule has 0 spiro atoms. The SMILES string of the molecule is COc1cccc(NC(N)=NCc2ccc(Cl)cn2)c1.I. The van der Waals surface area contributed by atoms with Crippen molar-refractivity contribution in [3.8, 4) is 5.75 Å². The zero-order valence-corrected chi connectivity index (χ0v) is 14.5. The number of rotatable bonds is 4. The number of methoxy groups -OCH3 is 1. The summed E-state index contributed by atoms with van der Waals surface area (Å²) in [6, 6.07) is 11.0. The molecule has 1 aromatic carbocycles. The molecule has 1 heterocycles. The van der Waals surface area contributed by atoms with Crippen LogP contribution in [-0.2, 0) is 6.54 Å². The second kappa shape index (κ2) is 8.68. The molecule has 0 unspecified atom stereocenters. The van der Waals surface area contributed by atoms with E-state index in [9.17, 15) is 0 Å². The van der Waals surface area contributed by atoms with Crippen LogP contribution in [0, 0.1) is 0 Å². The maximum Gasteiger partial charge on any atom is 0.193 e. The fourth-order valence-electron chi connectivity index (χ4n) is 1.55. The van der Waals surface area contributed by atoms with Gasteiger partial charge in [-0.3, -0.25) is 4.98 Å². The average Bonchev–Trinajstić information content (AvgIpc) is 2.47. The van der Waals surface area contributed by atoms with Crippen LogP contribution in [0.25, 0.3) is 0 Å². The van der Waals surface area contributed by atoms with E-state index in [0.717, 1.165) is 17.1 Å². The standard InChI is InChI=1S/C14H15ClN4O.HI/c1-20-13-4-2-3-11(7-13)19-14(16)18-9-12-6-5-10(15)8-17-12;/h2-8H,9H2,1H3,(H3,16,18,19);1H. The molecule has 21 heavy (non-hydrogen) atoms. The van der Waals surface area contributed by atoms with Gasteiger partial charge in [-0.2, -0.15) is 0 Å². The Bertz CT molecular complexity index is 604. The van der Waals surface area contributed by atoms with Gasteiger partial charge in [-0.25, -0.2) is 4.99 Å². The summed E-state index contributed by atoms with van der Waals surface area (Å²) in [5.41, 5.74) is 7.43. The first kappa shape index (κ1) is 17.5. The van der Waals surface area contributed by atoms with E-state index in [2.05, 4.69) is 15.3 Å². The van der Waals surface area contributed by atoms with E-state index in [4.69, 9.17) is 22.1 Å². The summed E-state index contributed by atoms with van der Waals surface area (Å²) in [5.74, 6) is 1.07. The van der Waals surface area contributed by atoms with Gasteiger partial charge in [0, 0.05) is 18.0 Å². The average molecular weight is 419 g/mol. The van der Waals surface area contributed by atoms with Crippen molar-refractivity contribution in [2.24, 2.45) is 10.7 Å². The molecule has 0 saturated heterocycles. The lowest BCUT2D eigenvalue weighted by Gasteiger charge is -2.07. The molecular weight excluding hydrogens is 403 g/mol. The number of anilines is 1. The predicted molar refractivity (Wildman–Crippen MR) is 96.6 cm³/mol. The third-order valence-electron chi connectivity index (χ3n) is 2.54. The number of aliphatic imine (C=N–C) groups is 1. The van der Waals surface area contributed by atoms with Gasteiger partial charge in [0.05, 0.1) is 24.4 Å². The zero-order chi connectivity index (χ0) is 14.4. The Hall–Kier alpha value is -1.54. The van der Waals surface area contributed by atoms with Crippen LogP contribution >= 0.6 is 35.6 Å². The normalized spacial score (nSPS) is 10.7. The van der Waals surface area contributed by atoms with Gasteiger partial charge in [-0.1, -0.05) is 17.7 Å². The summed E-state index contributed by atoms with van der Waals surface area (Å²) >= 11 is 5.76. The van der Waals surface area contributed by atoms with Crippen LogP contribution in [0.4, 0.5) is 5.69 Å². The van der Waals surface area contributed by atoms with Crippen molar-refractivity contribution in [1.82, 2.24) is 4.98 Å². The third kappa shape index (κ3) is 5.76. The minimum atomic E-state index is 0. The van der Waals surface area contributed by atoms with Crippen molar-refractivity contribution in [2.75, 3.05) is 12.4 Å². The summed E-state index contributed by atoms with van der Waals surface area (Å²) in [6.07, 6.45) is 1.58. The number of aromatic nitrogens is 1. The lowest BCUT2D eigenvalue weighted by atomic mass is 10.3. The molecule has 0 bridgehead atoms. The van der Waals surface area contributed by atoms with Gasteiger partial charge in [0.15, 0.2) is 5.96 Å². The number of nitrogens with zero attached hydrogens (tertiary/aromatic N) is 2. The highest BCUT2D eigenvalue weighted by Crippen LogP contribution is 2.16. The molecule has 0 amide bonds. The van der Waals surface area contributed by atoms with Gasteiger partial charge in [-0.05, 0) is 24.3 Å². The van der Waals surface area contributed by atoms with E-state index in [1.54, 1.807) is 19.4 Å². The van der Waals surface area contributed by atoms with E-state index >= 15 is 0 Å². The van der Waals surface area contributed by atoms with E-state index in [1.165, 1.54) is 0 Å². The van der Waals surface area contributed by atoms with E-state index in [0.29, 0.717) is 17.5 Å². The number of nitrogens with two attached hydrogens (primary N) is 1. The van der Waals surface area contributed by atoms with Crippen LogP contribution in [0.3, 0.4) is 0 Å². The predicted octanol–water partition coefficient (Wildman–Crippen LogP) is 3.29. The van der Waals surface area contributed by atoms with Crippen molar-refractivity contribution in [3.05, 3.63) is 53.3 Å². The maximum absolute atomic E-state index is 5.82. The monoisotopic (exact) mass is 418 g/mol. The van der Waals surface area contributed by atoms with Crippen molar-refractivity contribution in [1.29, 1.82) is 0 Å². The van der Waals surface area contributed by atoms with Crippen molar-refractivity contribution >= 4 is 47.2 Å². The van der Waals surface area contributed by atoms with Crippen molar-refractivity contribution in [3.63, 3.8) is 0 Å². The molecule has 1 aromatic heterocycles. The molecule has 7 heteroatoms. The molecule has 0 aliphatic heterocycles. The maximum atomic E-state index is 5.82. The molecule has 0 aliphatic carbocycles. The second-order valence-electron chi connectivity index (χ2n) is 4.03. The van der Waals surface area contributed by atoms with E-state index < -0.39 is 0 Å². The van der Waals surface area contributed by atoms with Gasteiger partial charge in [0.1, 0.15) is 5.75 Å². The quantitative estimate of drug-likeness (QED) is 0.454. The number of guanidine groups is 1. The highest BCUT2D eigenvalue weighted by molar-refractivity contribution is 14.0. The summed E-state index contributed by atoms with van der Waals surface area (Å²) < 4.78 is 5.13. The van der Waals surface area contributed by atoms with Gasteiger partial charge < -0.3 is 15.8 Å². The summed E-state index contributed by atoms with van der Waals surface area (Å²) in [5, 5.41) is 3.59. The molecule has 0 saturated carbocycles. The van der Waals surface area contributed by atoms with Crippen LogP contribution in [-0.4, -0.2) is 18.1 Å². The summed E-state index contributed by atoms with van der Waals surface area (Å²) in [7, 11) is 1.61. The molecule has 3 N–H and O–H groups in total. The Kier molecular flexibility index (Phi) is 7.24. The molecule has 5 nitrogen and oxygen atoms in total. The van der Waals surface area contributed by atoms with Gasteiger partial charge in [-0.15, -0.1) is 24.0 Å². The number of hydrogen-bond acceptors (Lipinski definition) is 3. The number of ether oxygens (including phenoxy) is 1. The first-order valence-electron chi connectivity index (χ1n) is 5.99. The Morgan fingerprint density at radius 2 is 2.19 bits per heavy atom. The third-order valence-corrected chi connectivity index (χ3v) is 2.77. The topological polar surface area (TPSA) is 72.5 Å². The number of halogens is 2. The van der Waals surface area contributed by atoms with Gasteiger partial charge in [0.2, 0.25) is 0 Å². The minimum Gasteiger partial charge on any atom is -0.497 e. The Labute approximate surface area is 145 Å². The molecule has 0 atom stereocenters.